The van der Waals surface area contributed by atoms with Crippen LogP contribution in [-0.2, 0) is 6.54 Å². The van der Waals surface area contributed by atoms with E-state index in [1.54, 1.807) is 7.11 Å². The molecule has 2 amide bonds. The standard InChI is InChI=1S/C23H25N3O2/c1-16-6-9-19(15-17(16)2)24-23(27)26-14-13-25-12-4-5-21(25)22(26)18-7-10-20(28-3)11-8-18/h4-12,15,22H,13-14H2,1-3H3,(H,24,27)/t22-/m1/s1. The highest BCUT2D eigenvalue weighted by atomic mass is 16.5. The zero-order valence-corrected chi connectivity index (χ0v) is 16.5. The van der Waals surface area contributed by atoms with Gasteiger partial charge in [-0.3, -0.25) is 0 Å². The maximum atomic E-state index is 13.2. The Balaban J connectivity index is 1.65. The van der Waals surface area contributed by atoms with Crippen molar-refractivity contribution in [2.75, 3.05) is 19.0 Å². The van der Waals surface area contributed by atoms with Crippen molar-refractivity contribution >= 4 is 11.7 Å². The van der Waals surface area contributed by atoms with Gasteiger partial charge in [-0.2, -0.15) is 0 Å². The van der Waals surface area contributed by atoms with Gasteiger partial charge in [0.15, 0.2) is 0 Å². The fraction of sp³-hybridized carbons (Fsp3) is 0.261. The van der Waals surface area contributed by atoms with Gasteiger partial charge < -0.3 is 19.5 Å². The van der Waals surface area contributed by atoms with Gasteiger partial charge in [-0.1, -0.05) is 18.2 Å². The Morgan fingerprint density at radius 1 is 1.04 bits per heavy atom. The zero-order chi connectivity index (χ0) is 19.7. The molecule has 1 N–H and O–H groups in total. The Morgan fingerprint density at radius 3 is 2.54 bits per heavy atom. The average Bonchev–Trinajstić information content (AvgIpc) is 3.19. The number of fused-ring (bicyclic) bond motifs is 1. The van der Waals surface area contributed by atoms with Crippen LogP contribution in [0.3, 0.4) is 0 Å². The van der Waals surface area contributed by atoms with Crippen LogP contribution >= 0.6 is 0 Å². The lowest BCUT2D eigenvalue weighted by molar-refractivity contribution is 0.182. The van der Waals surface area contributed by atoms with Crippen molar-refractivity contribution in [1.29, 1.82) is 0 Å². The molecule has 1 aliphatic rings. The van der Waals surface area contributed by atoms with Gasteiger partial charge in [0.2, 0.25) is 0 Å². The van der Waals surface area contributed by atoms with Crippen molar-refractivity contribution in [1.82, 2.24) is 9.47 Å². The van der Waals surface area contributed by atoms with E-state index < -0.39 is 0 Å². The minimum atomic E-state index is -0.138. The summed E-state index contributed by atoms with van der Waals surface area (Å²) in [6.07, 6.45) is 2.07. The van der Waals surface area contributed by atoms with Crippen LogP contribution in [0, 0.1) is 13.8 Å². The molecule has 5 nitrogen and oxygen atoms in total. The van der Waals surface area contributed by atoms with Gasteiger partial charge in [-0.25, -0.2) is 4.79 Å². The van der Waals surface area contributed by atoms with E-state index >= 15 is 0 Å². The number of nitrogens with one attached hydrogen (secondary N) is 1. The van der Waals surface area contributed by atoms with Gasteiger partial charge in [0.05, 0.1) is 13.2 Å². The zero-order valence-electron chi connectivity index (χ0n) is 16.5. The molecule has 0 radical (unpaired) electrons. The number of anilines is 1. The fourth-order valence-corrected chi connectivity index (χ4v) is 3.75. The van der Waals surface area contributed by atoms with Gasteiger partial charge in [-0.05, 0) is 66.9 Å². The third-order valence-corrected chi connectivity index (χ3v) is 5.49. The lowest BCUT2D eigenvalue weighted by Gasteiger charge is -2.37. The van der Waals surface area contributed by atoms with E-state index in [1.165, 1.54) is 5.56 Å². The number of urea groups is 1. The minimum absolute atomic E-state index is 0.0866. The fourth-order valence-electron chi connectivity index (χ4n) is 3.75. The van der Waals surface area contributed by atoms with Gasteiger partial charge in [0.25, 0.3) is 0 Å². The minimum Gasteiger partial charge on any atom is -0.497 e. The first-order valence-electron chi connectivity index (χ1n) is 9.50. The van der Waals surface area contributed by atoms with E-state index in [-0.39, 0.29) is 12.1 Å². The van der Waals surface area contributed by atoms with Crippen LogP contribution < -0.4 is 10.1 Å². The predicted octanol–water partition coefficient (Wildman–Crippen LogP) is 4.75. The number of hydrogen-bond donors (Lipinski definition) is 1. The molecule has 5 heteroatoms. The molecule has 144 valence electrons. The number of carbonyl (C=O) groups is 1. The molecule has 0 bridgehead atoms. The second-order valence-corrected chi connectivity index (χ2v) is 7.22. The molecule has 1 aliphatic heterocycles. The van der Waals surface area contributed by atoms with Crippen LogP contribution in [0.15, 0.2) is 60.8 Å². The number of methoxy groups -OCH3 is 1. The van der Waals surface area contributed by atoms with Crippen molar-refractivity contribution in [3.05, 3.63) is 83.2 Å². The number of aryl methyl sites for hydroxylation is 2. The highest BCUT2D eigenvalue weighted by molar-refractivity contribution is 5.90. The van der Waals surface area contributed by atoms with Crippen LogP contribution in [0.2, 0.25) is 0 Å². The summed E-state index contributed by atoms with van der Waals surface area (Å²) >= 11 is 0. The topological polar surface area (TPSA) is 46.5 Å². The van der Waals surface area contributed by atoms with Crippen LogP contribution in [0.25, 0.3) is 0 Å². The monoisotopic (exact) mass is 375 g/mol. The summed E-state index contributed by atoms with van der Waals surface area (Å²) < 4.78 is 7.50. The number of ether oxygens (including phenoxy) is 1. The maximum Gasteiger partial charge on any atom is 0.322 e. The van der Waals surface area contributed by atoms with Gasteiger partial charge in [-0.15, -0.1) is 0 Å². The molecule has 4 rings (SSSR count). The molecular formula is C23H25N3O2. The van der Waals surface area contributed by atoms with E-state index in [2.05, 4.69) is 36.0 Å². The average molecular weight is 375 g/mol. The lowest BCUT2D eigenvalue weighted by atomic mass is 10.00. The first kappa shape index (κ1) is 18.2. The summed E-state index contributed by atoms with van der Waals surface area (Å²) in [5.41, 5.74) is 5.38. The number of rotatable bonds is 3. The van der Waals surface area contributed by atoms with Crippen molar-refractivity contribution in [3.63, 3.8) is 0 Å². The molecule has 2 aromatic carbocycles. The Kier molecular flexibility index (Phi) is 4.82. The lowest BCUT2D eigenvalue weighted by Crippen LogP contribution is -2.44. The highest BCUT2D eigenvalue weighted by Crippen LogP contribution is 2.33. The summed E-state index contributed by atoms with van der Waals surface area (Å²) in [5.74, 6) is 0.807. The Bertz CT molecular complexity index is 991. The van der Waals surface area contributed by atoms with E-state index in [9.17, 15) is 4.79 Å². The first-order chi connectivity index (χ1) is 13.6. The Morgan fingerprint density at radius 2 is 1.82 bits per heavy atom. The van der Waals surface area contributed by atoms with Gasteiger partial charge in [0.1, 0.15) is 5.75 Å². The molecule has 0 saturated carbocycles. The number of amides is 2. The van der Waals surface area contributed by atoms with E-state index in [0.717, 1.165) is 34.8 Å². The molecule has 1 aromatic heterocycles. The molecule has 0 unspecified atom stereocenters. The highest BCUT2D eigenvalue weighted by Gasteiger charge is 2.32. The van der Waals surface area contributed by atoms with Gasteiger partial charge >= 0.3 is 6.03 Å². The molecule has 0 spiro atoms. The number of carbonyl (C=O) groups excluding carboxylic acids is 1. The summed E-state index contributed by atoms with van der Waals surface area (Å²) in [7, 11) is 1.66. The maximum absolute atomic E-state index is 13.2. The molecule has 1 atom stereocenters. The number of aromatic nitrogens is 1. The van der Waals surface area contributed by atoms with Crippen LogP contribution in [0.4, 0.5) is 10.5 Å². The summed E-state index contributed by atoms with van der Waals surface area (Å²) in [4.78, 5) is 15.1. The van der Waals surface area contributed by atoms with Crippen molar-refractivity contribution in [2.24, 2.45) is 0 Å². The van der Waals surface area contributed by atoms with E-state index in [4.69, 9.17) is 4.74 Å². The van der Waals surface area contributed by atoms with Crippen molar-refractivity contribution in [3.8, 4) is 5.75 Å². The molecule has 3 aromatic rings. The van der Waals surface area contributed by atoms with Crippen LogP contribution in [-0.4, -0.2) is 29.2 Å². The van der Waals surface area contributed by atoms with Crippen LogP contribution in [0.1, 0.15) is 28.4 Å². The number of nitrogens with zero attached hydrogens (tertiary/aromatic N) is 2. The second kappa shape index (κ2) is 7.43. The SMILES string of the molecule is COc1ccc([C@@H]2c3cccn3CCN2C(=O)Nc2ccc(C)c(C)c2)cc1. The quantitative estimate of drug-likeness (QED) is 0.718. The predicted molar refractivity (Wildman–Crippen MR) is 111 cm³/mol. The second-order valence-electron chi connectivity index (χ2n) is 7.22. The van der Waals surface area contributed by atoms with Crippen LogP contribution in [0.5, 0.6) is 5.75 Å². The summed E-state index contributed by atoms with van der Waals surface area (Å²) in [6, 6.07) is 17.8. The number of hydrogen-bond acceptors (Lipinski definition) is 2. The third kappa shape index (κ3) is 3.36. The molecule has 0 aliphatic carbocycles. The number of benzene rings is 2. The summed E-state index contributed by atoms with van der Waals surface area (Å²) in [5, 5.41) is 3.08. The van der Waals surface area contributed by atoms with E-state index in [1.807, 2.05) is 53.4 Å². The van der Waals surface area contributed by atoms with E-state index in [0.29, 0.717) is 6.54 Å². The largest absolute Gasteiger partial charge is 0.497 e. The Labute approximate surface area is 165 Å². The smallest absolute Gasteiger partial charge is 0.322 e. The molecule has 0 fully saturated rings. The van der Waals surface area contributed by atoms with Crippen molar-refractivity contribution in [2.45, 2.75) is 26.4 Å². The molecule has 2 heterocycles. The Hall–Kier alpha value is -3.21. The van der Waals surface area contributed by atoms with Crippen molar-refractivity contribution < 1.29 is 9.53 Å². The molecular weight excluding hydrogens is 350 g/mol. The normalized spacial score (nSPS) is 15.8. The molecule has 0 saturated heterocycles. The molecule has 28 heavy (non-hydrogen) atoms. The third-order valence-electron chi connectivity index (χ3n) is 5.49. The summed E-state index contributed by atoms with van der Waals surface area (Å²) in [6.45, 7) is 5.56. The van der Waals surface area contributed by atoms with Gasteiger partial charge in [0, 0.05) is 30.7 Å². The first-order valence-corrected chi connectivity index (χ1v) is 9.50.